The van der Waals surface area contributed by atoms with Gasteiger partial charge in [0.05, 0.1) is 0 Å². The number of aromatic nitrogens is 3. The molecule has 0 radical (unpaired) electrons. The highest BCUT2D eigenvalue weighted by Crippen LogP contribution is 2.31. The van der Waals surface area contributed by atoms with Crippen LogP contribution in [0, 0.1) is 12.8 Å². The molecule has 2 fully saturated rings. The molecule has 1 saturated heterocycles. The number of benzene rings is 2. The van der Waals surface area contributed by atoms with Crippen LogP contribution >= 0.6 is 0 Å². The fourth-order valence-electron chi connectivity index (χ4n) is 5.28. The van der Waals surface area contributed by atoms with Gasteiger partial charge >= 0.3 is 0 Å². The van der Waals surface area contributed by atoms with E-state index >= 15 is 0 Å². The number of rotatable bonds is 8. The summed E-state index contributed by atoms with van der Waals surface area (Å²) >= 11 is 0. The van der Waals surface area contributed by atoms with Crippen molar-refractivity contribution in [3.8, 4) is 0 Å². The first-order valence-corrected chi connectivity index (χ1v) is 13.6. The van der Waals surface area contributed by atoms with Crippen molar-refractivity contribution in [2.24, 2.45) is 11.7 Å². The highest BCUT2D eigenvalue weighted by Gasteiger charge is 2.24. The van der Waals surface area contributed by atoms with Gasteiger partial charge in [-0.3, -0.25) is 0 Å². The first-order valence-electron chi connectivity index (χ1n) is 13.6. The second-order valence-electron chi connectivity index (χ2n) is 10.5. The molecule has 0 bridgehead atoms. The molecule has 1 saturated carbocycles. The van der Waals surface area contributed by atoms with Gasteiger partial charge in [0.2, 0.25) is 0 Å². The highest BCUT2D eigenvalue weighted by atomic mass is 15.3. The van der Waals surface area contributed by atoms with E-state index in [1.165, 1.54) is 36.0 Å². The van der Waals surface area contributed by atoms with Crippen LogP contribution in [0.2, 0.25) is 0 Å². The molecule has 1 atom stereocenters. The summed E-state index contributed by atoms with van der Waals surface area (Å²) in [6, 6.07) is 21.6. The molecule has 5 heteroatoms. The zero-order valence-corrected chi connectivity index (χ0v) is 22.1. The van der Waals surface area contributed by atoms with Crippen LogP contribution in [0.1, 0.15) is 80.3 Å². The molecule has 192 valence electrons. The number of nitrogens with zero attached hydrogens (tertiary/aromatic N) is 4. The number of hydrogen-bond acceptors (Lipinski definition) is 4. The smallest absolute Gasteiger partial charge is 0.137 e. The minimum absolute atomic E-state index is 0.117. The molecule has 2 aliphatic rings. The molecule has 5 rings (SSSR count). The lowest BCUT2D eigenvalue weighted by Gasteiger charge is -2.34. The fourth-order valence-corrected chi connectivity index (χ4v) is 5.28. The third kappa shape index (κ3) is 7.14. The average molecular weight is 486 g/mol. The summed E-state index contributed by atoms with van der Waals surface area (Å²) in [4.78, 5) is 2.55. The summed E-state index contributed by atoms with van der Waals surface area (Å²) in [6.45, 7) is 11.3. The van der Waals surface area contributed by atoms with Gasteiger partial charge in [0.25, 0.3) is 0 Å². The zero-order valence-electron chi connectivity index (χ0n) is 22.1. The Hall–Kier alpha value is -2.76. The third-order valence-corrected chi connectivity index (χ3v) is 7.85. The highest BCUT2D eigenvalue weighted by molar-refractivity contribution is 5.20. The van der Waals surface area contributed by atoms with Gasteiger partial charge in [0.1, 0.15) is 11.6 Å². The second kappa shape index (κ2) is 13.0. The van der Waals surface area contributed by atoms with Crippen molar-refractivity contribution in [1.82, 2.24) is 19.7 Å². The van der Waals surface area contributed by atoms with Gasteiger partial charge in [-0.15, -0.1) is 10.2 Å². The molecule has 2 aromatic carbocycles. The molecule has 1 aliphatic heterocycles. The Kier molecular flexibility index (Phi) is 9.48. The van der Waals surface area contributed by atoms with Gasteiger partial charge < -0.3 is 15.2 Å². The van der Waals surface area contributed by atoms with Crippen molar-refractivity contribution in [3.05, 3.63) is 95.6 Å². The fraction of sp³-hybridized carbons (Fsp3) is 0.484. The van der Waals surface area contributed by atoms with Crippen LogP contribution < -0.4 is 5.73 Å². The lowest BCUT2D eigenvalue weighted by molar-refractivity contribution is 0.179. The maximum absolute atomic E-state index is 6.38. The number of piperidine rings is 1. The number of allylic oxidation sites excluding steroid dienone is 1. The minimum atomic E-state index is 0.117. The Morgan fingerprint density at radius 1 is 0.972 bits per heavy atom. The maximum atomic E-state index is 6.38. The van der Waals surface area contributed by atoms with Crippen LogP contribution in [-0.2, 0) is 6.42 Å². The van der Waals surface area contributed by atoms with Crippen molar-refractivity contribution < 1.29 is 0 Å². The van der Waals surface area contributed by atoms with Crippen LogP contribution in [0.4, 0.5) is 0 Å². The molecular weight excluding hydrogens is 442 g/mol. The molecule has 2 N–H and O–H groups in total. The largest absolute Gasteiger partial charge is 0.324 e. The molecule has 0 spiro atoms. The summed E-state index contributed by atoms with van der Waals surface area (Å²) in [6.07, 6.45) is 8.35. The topological polar surface area (TPSA) is 60.0 Å². The third-order valence-electron chi connectivity index (χ3n) is 7.85. The Morgan fingerprint density at radius 3 is 2.17 bits per heavy atom. The van der Waals surface area contributed by atoms with Gasteiger partial charge in [0.15, 0.2) is 0 Å². The second-order valence-corrected chi connectivity index (χ2v) is 10.5. The van der Waals surface area contributed by atoms with E-state index in [0.29, 0.717) is 6.04 Å². The minimum Gasteiger partial charge on any atom is -0.324 e. The van der Waals surface area contributed by atoms with E-state index < -0.39 is 0 Å². The number of likely N-dealkylation sites (tertiary alicyclic amines) is 1. The molecule has 0 amide bonds. The summed E-state index contributed by atoms with van der Waals surface area (Å²) in [5.41, 5.74) is 10.3. The Labute approximate surface area is 217 Å². The van der Waals surface area contributed by atoms with Crippen molar-refractivity contribution in [1.29, 1.82) is 0 Å². The molecule has 5 nitrogen and oxygen atoms in total. The zero-order chi connectivity index (χ0) is 25.3. The summed E-state index contributed by atoms with van der Waals surface area (Å²) in [5, 5.41) is 8.86. The van der Waals surface area contributed by atoms with E-state index in [1.807, 2.05) is 6.07 Å². The first-order chi connectivity index (χ1) is 17.5. The molecule has 1 unspecified atom stereocenters. The van der Waals surface area contributed by atoms with Crippen LogP contribution in [0.25, 0.3) is 0 Å². The van der Waals surface area contributed by atoms with E-state index in [2.05, 4.69) is 94.7 Å². The van der Waals surface area contributed by atoms with E-state index in [0.717, 1.165) is 62.9 Å². The molecule has 1 aliphatic carbocycles. The predicted octanol–water partition coefficient (Wildman–Crippen LogP) is 6.27. The normalized spacial score (nSPS) is 17.6. The summed E-state index contributed by atoms with van der Waals surface area (Å²) in [7, 11) is 0. The van der Waals surface area contributed by atoms with Crippen molar-refractivity contribution >= 4 is 0 Å². The van der Waals surface area contributed by atoms with E-state index in [9.17, 15) is 0 Å². The number of aryl methyl sites for hydroxylation is 1. The van der Waals surface area contributed by atoms with Gasteiger partial charge in [-0.05, 0) is 69.5 Å². The molecule has 36 heavy (non-hydrogen) atoms. The Balaban J connectivity index is 0.000000375. The standard InChI is InChI=1S/C24H31N5.C7H12/c1-19-26-27-24(18-20-8-4-2-5-9-20)29(19)22-12-15-28(16-13-22)17-14-23(25)21-10-6-3-7-11-21;1-6(2)7-4-3-5-7/h2-11,22-23H,12-18,25H2,1H3;7H,1,3-5H2,2H3. The molecule has 1 aromatic heterocycles. The van der Waals surface area contributed by atoms with Crippen LogP contribution in [-0.4, -0.2) is 39.3 Å². The van der Waals surface area contributed by atoms with Crippen LogP contribution in [0.3, 0.4) is 0 Å². The Morgan fingerprint density at radius 2 is 1.61 bits per heavy atom. The molecular formula is C31H43N5. The van der Waals surface area contributed by atoms with Crippen molar-refractivity contribution in [2.45, 2.75) is 70.9 Å². The summed E-state index contributed by atoms with van der Waals surface area (Å²) in [5.74, 6) is 3.00. The lowest BCUT2D eigenvalue weighted by Crippen LogP contribution is -2.36. The van der Waals surface area contributed by atoms with Gasteiger partial charge in [0, 0.05) is 31.6 Å². The average Bonchev–Trinajstić information content (AvgIpc) is 3.22. The SMILES string of the molecule is C=C(C)C1CCC1.Cc1nnc(Cc2ccccc2)n1C1CCN(CCC(N)c2ccccc2)CC1. The summed E-state index contributed by atoms with van der Waals surface area (Å²) < 4.78 is 2.38. The number of hydrogen-bond donors (Lipinski definition) is 1. The van der Waals surface area contributed by atoms with E-state index in [-0.39, 0.29) is 6.04 Å². The monoisotopic (exact) mass is 485 g/mol. The van der Waals surface area contributed by atoms with Crippen LogP contribution in [0.15, 0.2) is 72.8 Å². The van der Waals surface area contributed by atoms with E-state index in [4.69, 9.17) is 5.73 Å². The van der Waals surface area contributed by atoms with Gasteiger partial charge in [-0.25, -0.2) is 0 Å². The maximum Gasteiger partial charge on any atom is 0.137 e. The quantitative estimate of drug-likeness (QED) is 0.382. The number of nitrogens with two attached hydrogens (primary N) is 1. The molecule has 3 aromatic rings. The lowest BCUT2D eigenvalue weighted by atomic mass is 9.81. The van der Waals surface area contributed by atoms with Crippen LogP contribution in [0.5, 0.6) is 0 Å². The van der Waals surface area contributed by atoms with Gasteiger partial charge in [-0.2, -0.15) is 0 Å². The Bertz CT molecular complexity index is 1060. The van der Waals surface area contributed by atoms with Gasteiger partial charge in [-0.1, -0.05) is 79.2 Å². The van der Waals surface area contributed by atoms with Crippen molar-refractivity contribution in [3.63, 3.8) is 0 Å². The van der Waals surface area contributed by atoms with E-state index in [1.54, 1.807) is 0 Å². The van der Waals surface area contributed by atoms with Crippen molar-refractivity contribution in [2.75, 3.05) is 19.6 Å². The molecule has 2 heterocycles. The first kappa shape index (κ1) is 26.3. The predicted molar refractivity (Wildman–Crippen MR) is 149 cm³/mol.